The van der Waals surface area contributed by atoms with Crippen LogP contribution in [0.3, 0.4) is 0 Å². The molecule has 0 aliphatic heterocycles. The van der Waals surface area contributed by atoms with Gasteiger partial charge in [0.2, 0.25) is 0 Å². The number of rotatable bonds is 6. The minimum absolute atomic E-state index is 0.132. The molecule has 4 nitrogen and oxygen atoms in total. The van der Waals surface area contributed by atoms with Gasteiger partial charge in [0.25, 0.3) is 5.91 Å². The minimum atomic E-state index is -0.425. The molecule has 1 aromatic rings. The Morgan fingerprint density at radius 1 is 1.24 bits per heavy atom. The fourth-order valence-electron chi connectivity index (χ4n) is 2.90. The molecule has 1 aliphatic rings. The first kappa shape index (κ1) is 15.5. The van der Waals surface area contributed by atoms with E-state index in [0.29, 0.717) is 17.7 Å². The van der Waals surface area contributed by atoms with E-state index < -0.39 is 5.97 Å². The highest BCUT2D eigenvalue weighted by Crippen LogP contribution is 2.28. The number of esters is 1. The first-order chi connectivity index (χ1) is 10.2. The highest BCUT2D eigenvalue weighted by molar-refractivity contribution is 5.97. The van der Waals surface area contributed by atoms with Crippen molar-refractivity contribution in [1.29, 1.82) is 0 Å². The molecule has 0 heterocycles. The molecule has 0 radical (unpaired) electrons. The van der Waals surface area contributed by atoms with E-state index in [4.69, 9.17) is 0 Å². The van der Waals surface area contributed by atoms with Gasteiger partial charge < -0.3 is 10.1 Å². The summed E-state index contributed by atoms with van der Waals surface area (Å²) in [6.45, 7) is 0.692. The largest absolute Gasteiger partial charge is 0.465 e. The summed E-state index contributed by atoms with van der Waals surface area (Å²) >= 11 is 0. The predicted molar refractivity (Wildman–Crippen MR) is 81.3 cm³/mol. The van der Waals surface area contributed by atoms with Crippen LogP contribution in [0.2, 0.25) is 0 Å². The average molecular weight is 289 g/mol. The third-order valence-corrected chi connectivity index (χ3v) is 4.10. The van der Waals surface area contributed by atoms with Crippen molar-refractivity contribution in [2.75, 3.05) is 13.7 Å². The maximum atomic E-state index is 12.0. The van der Waals surface area contributed by atoms with Crippen molar-refractivity contribution in [3.63, 3.8) is 0 Å². The van der Waals surface area contributed by atoms with Crippen LogP contribution in [0.15, 0.2) is 24.3 Å². The molecule has 1 aliphatic carbocycles. The van der Waals surface area contributed by atoms with Crippen LogP contribution in [-0.4, -0.2) is 25.5 Å². The van der Waals surface area contributed by atoms with Crippen LogP contribution in [0.1, 0.15) is 59.2 Å². The summed E-state index contributed by atoms with van der Waals surface area (Å²) in [5.74, 6) is 0.294. The molecule has 0 bridgehead atoms. The van der Waals surface area contributed by atoms with E-state index in [2.05, 4.69) is 10.1 Å². The Morgan fingerprint density at radius 2 is 1.95 bits per heavy atom. The number of hydrogen-bond acceptors (Lipinski definition) is 3. The third kappa shape index (κ3) is 4.59. The number of carbonyl (C=O) groups is 2. The molecular weight excluding hydrogens is 266 g/mol. The van der Waals surface area contributed by atoms with Crippen LogP contribution in [0.25, 0.3) is 0 Å². The van der Waals surface area contributed by atoms with Gasteiger partial charge in [-0.25, -0.2) is 4.79 Å². The van der Waals surface area contributed by atoms with Gasteiger partial charge >= 0.3 is 5.97 Å². The molecule has 2 rings (SSSR count). The maximum absolute atomic E-state index is 12.0. The highest BCUT2D eigenvalue weighted by Gasteiger charge is 2.14. The molecular formula is C17H23NO3. The lowest BCUT2D eigenvalue weighted by atomic mass is 10.0. The topological polar surface area (TPSA) is 55.4 Å². The molecule has 4 heteroatoms. The number of benzene rings is 1. The predicted octanol–water partition coefficient (Wildman–Crippen LogP) is 3.17. The molecule has 1 amide bonds. The summed E-state index contributed by atoms with van der Waals surface area (Å²) < 4.78 is 4.66. The number of amides is 1. The minimum Gasteiger partial charge on any atom is -0.465 e. The summed E-state index contributed by atoms with van der Waals surface area (Å²) in [7, 11) is 1.33. The van der Waals surface area contributed by atoms with Gasteiger partial charge in [0.05, 0.1) is 12.7 Å². The van der Waals surface area contributed by atoms with Crippen LogP contribution in [0.4, 0.5) is 0 Å². The fourth-order valence-corrected chi connectivity index (χ4v) is 2.90. The van der Waals surface area contributed by atoms with Gasteiger partial charge in [0.15, 0.2) is 0 Å². The molecule has 0 saturated heterocycles. The smallest absolute Gasteiger partial charge is 0.337 e. The van der Waals surface area contributed by atoms with Crippen molar-refractivity contribution in [3.8, 4) is 0 Å². The second kappa shape index (κ2) is 7.81. The molecule has 0 atom stereocenters. The Morgan fingerprint density at radius 3 is 2.67 bits per heavy atom. The van der Waals surface area contributed by atoms with Crippen molar-refractivity contribution >= 4 is 11.9 Å². The standard InChI is InChI=1S/C17H23NO3/c1-21-17(20)15-10-4-9-14(12-15)16(19)18-11-5-8-13-6-2-3-7-13/h4,9-10,12-13H,2-3,5-8,11H2,1H3,(H,18,19). The monoisotopic (exact) mass is 289 g/mol. The van der Waals surface area contributed by atoms with Crippen molar-refractivity contribution in [2.45, 2.75) is 38.5 Å². The van der Waals surface area contributed by atoms with E-state index in [1.54, 1.807) is 24.3 Å². The first-order valence-corrected chi connectivity index (χ1v) is 7.67. The summed E-state index contributed by atoms with van der Waals surface area (Å²) in [4.78, 5) is 23.5. The first-order valence-electron chi connectivity index (χ1n) is 7.67. The summed E-state index contributed by atoms with van der Waals surface area (Å²) in [6.07, 6.45) is 7.62. The molecule has 0 aromatic heterocycles. The van der Waals surface area contributed by atoms with Gasteiger partial charge in [-0.2, -0.15) is 0 Å². The van der Waals surface area contributed by atoms with Crippen LogP contribution in [0.5, 0.6) is 0 Å². The molecule has 114 valence electrons. The SMILES string of the molecule is COC(=O)c1cccc(C(=O)NCCCC2CCCC2)c1. The van der Waals surface area contributed by atoms with Crippen LogP contribution in [0, 0.1) is 5.92 Å². The average Bonchev–Trinajstić information content (AvgIpc) is 3.04. The lowest BCUT2D eigenvalue weighted by Gasteiger charge is -2.09. The summed E-state index contributed by atoms with van der Waals surface area (Å²) in [6, 6.07) is 6.61. The summed E-state index contributed by atoms with van der Waals surface area (Å²) in [5.41, 5.74) is 0.898. The van der Waals surface area contributed by atoms with Gasteiger partial charge in [-0.3, -0.25) is 4.79 Å². The molecule has 1 saturated carbocycles. The van der Waals surface area contributed by atoms with E-state index in [-0.39, 0.29) is 5.91 Å². The van der Waals surface area contributed by atoms with Crippen LogP contribution < -0.4 is 5.32 Å². The number of methoxy groups -OCH3 is 1. The van der Waals surface area contributed by atoms with Crippen molar-refractivity contribution in [1.82, 2.24) is 5.32 Å². The maximum Gasteiger partial charge on any atom is 0.337 e. The Balaban J connectivity index is 1.78. The van der Waals surface area contributed by atoms with Gasteiger partial charge in [-0.15, -0.1) is 0 Å². The molecule has 1 aromatic carbocycles. The molecule has 1 N–H and O–H groups in total. The molecule has 21 heavy (non-hydrogen) atoms. The molecule has 0 spiro atoms. The quantitative estimate of drug-likeness (QED) is 0.646. The number of nitrogens with one attached hydrogen (secondary N) is 1. The lowest BCUT2D eigenvalue weighted by Crippen LogP contribution is -2.25. The van der Waals surface area contributed by atoms with Gasteiger partial charge in [-0.05, 0) is 37.0 Å². The van der Waals surface area contributed by atoms with E-state index >= 15 is 0 Å². The zero-order valence-corrected chi connectivity index (χ0v) is 12.6. The highest BCUT2D eigenvalue weighted by atomic mass is 16.5. The normalized spacial score (nSPS) is 14.9. The van der Waals surface area contributed by atoms with Crippen molar-refractivity contribution < 1.29 is 14.3 Å². The second-order valence-electron chi connectivity index (χ2n) is 5.62. The lowest BCUT2D eigenvalue weighted by molar-refractivity contribution is 0.0600. The number of ether oxygens (including phenoxy) is 1. The van der Waals surface area contributed by atoms with Crippen molar-refractivity contribution in [3.05, 3.63) is 35.4 Å². The van der Waals surface area contributed by atoms with E-state index in [1.807, 2.05) is 0 Å². The zero-order valence-electron chi connectivity index (χ0n) is 12.6. The Hall–Kier alpha value is -1.84. The van der Waals surface area contributed by atoms with E-state index in [1.165, 1.54) is 39.2 Å². The van der Waals surface area contributed by atoms with Gasteiger partial charge in [0, 0.05) is 12.1 Å². The molecule has 1 fully saturated rings. The Kier molecular flexibility index (Phi) is 5.78. The Labute approximate surface area is 125 Å². The fraction of sp³-hybridized carbons (Fsp3) is 0.529. The van der Waals surface area contributed by atoms with Gasteiger partial charge in [-0.1, -0.05) is 31.7 Å². The summed E-state index contributed by atoms with van der Waals surface area (Å²) in [5, 5.41) is 2.92. The number of hydrogen-bond donors (Lipinski definition) is 1. The third-order valence-electron chi connectivity index (χ3n) is 4.10. The van der Waals surface area contributed by atoms with E-state index in [0.717, 1.165) is 12.3 Å². The Bertz CT molecular complexity index is 493. The zero-order chi connectivity index (χ0) is 15.1. The second-order valence-corrected chi connectivity index (χ2v) is 5.62. The van der Waals surface area contributed by atoms with Gasteiger partial charge in [0.1, 0.15) is 0 Å². The van der Waals surface area contributed by atoms with E-state index in [9.17, 15) is 9.59 Å². The number of carbonyl (C=O) groups excluding carboxylic acids is 2. The van der Waals surface area contributed by atoms with Crippen LogP contribution >= 0.6 is 0 Å². The molecule has 0 unspecified atom stereocenters. The van der Waals surface area contributed by atoms with Crippen LogP contribution in [-0.2, 0) is 4.74 Å². The van der Waals surface area contributed by atoms with Crippen molar-refractivity contribution in [2.24, 2.45) is 5.92 Å².